The predicted octanol–water partition coefficient (Wildman–Crippen LogP) is 11.3. The van der Waals surface area contributed by atoms with Gasteiger partial charge in [-0.2, -0.15) is 0 Å². The first-order valence-corrected chi connectivity index (χ1v) is 23.8. The minimum atomic E-state index is -0.821. The Morgan fingerprint density at radius 1 is 0.833 bits per heavy atom. The van der Waals surface area contributed by atoms with Gasteiger partial charge in [0.25, 0.3) is 0 Å². The first-order chi connectivity index (χ1) is 28.2. The van der Waals surface area contributed by atoms with Crippen LogP contribution in [0.2, 0.25) is 0 Å². The number of benzene rings is 1. The fraction of sp³-hybridized carbons (Fsp3) is 0.765. The lowest BCUT2D eigenvalue weighted by molar-refractivity contribution is -0.252. The van der Waals surface area contributed by atoms with E-state index in [-0.39, 0.29) is 56.9 Å². The SMILES string of the molecule is CC(C)[C@@H]1CC[C@]2(C(=O)N3CCC[C@H]3c3ncc(-c4ccc(F)cc4)[nH]3)CC[C@]3(C)[C@H](CC[C@@H]4[C@@]5(C)CC[C@H](OC(=O)[C@H]6C[C@@H](C(=O)O)C6(C)C)C(C)(C)[C@@H]5CC[C@]43C)[C@@H]12. The molecule has 2 aromatic rings. The van der Waals surface area contributed by atoms with Crippen LogP contribution in [0.25, 0.3) is 11.3 Å². The summed E-state index contributed by atoms with van der Waals surface area (Å²) in [7, 11) is 0. The Morgan fingerprint density at radius 3 is 2.25 bits per heavy atom. The van der Waals surface area contributed by atoms with Crippen molar-refractivity contribution in [1.29, 1.82) is 0 Å². The third-order valence-electron chi connectivity index (χ3n) is 20.4. The van der Waals surface area contributed by atoms with Crippen LogP contribution < -0.4 is 0 Å². The van der Waals surface area contributed by atoms with E-state index in [0.29, 0.717) is 47.8 Å². The molecule has 13 atom stereocenters. The highest BCUT2D eigenvalue weighted by atomic mass is 19.1. The van der Waals surface area contributed by atoms with Gasteiger partial charge in [0.15, 0.2) is 0 Å². The average molecular weight is 826 g/mol. The zero-order valence-electron chi connectivity index (χ0n) is 37.9. The number of halogens is 1. The minimum absolute atomic E-state index is 0.0729. The molecule has 0 bridgehead atoms. The number of likely N-dealkylation sites (tertiary alicyclic amines) is 1. The number of carboxylic acid groups (broad SMARTS) is 1. The number of esters is 1. The lowest BCUT2D eigenvalue weighted by Crippen LogP contribution is -2.67. The molecule has 60 heavy (non-hydrogen) atoms. The minimum Gasteiger partial charge on any atom is -0.481 e. The number of H-pyrrole nitrogens is 1. The largest absolute Gasteiger partial charge is 0.481 e. The third kappa shape index (κ3) is 5.83. The van der Waals surface area contributed by atoms with E-state index >= 15 is 4.79 Å². The first kappa shape index (κ1) is 42.1. The molecule has 8 nitrogen and oxygen atoms in total. The highest BCUT2D eigenvalue weighted by Crippen LogP contribution is 2.78. The van der Waals surface area contributed by atoms with Crippen LogP contribution in [0, 0.1) is 85.7 Å². The second-order valence-corrected chi connectivity index (χ2v) is 23.4. The zero-order chi connectivity index (χ0) is 42.9. The Bertz CT molecular complexity index is 2020. The molecule has 0 unspecified atom stereocenters. The molecule has 1 amide bonds. The quantitative estimate of drug-likeness (QED) is 0.269. The number of aromatic nitrogens is 2. The van der Waals surface area contributed by atoms with E-state index in [1.807, 2.05) is 20.0 Å². The number of carbonyl (C=O) groups is 3. The number of ether oxygens (including phenoxy) is 1. The standard InChI is InChI=1S/C51H72FN3O5/c1-29(2)32-18-23-51(45(59)55-26-10-11-37(55)42-53-28-36(54-42)30-12-14-31(52)15-13-30)25-24-49(8)33(41(32)51)16-17-39-48(7)21-20-40(47(5,6)38(48)19-22-50(39,49)9)60-44(58)35-27-34(43(56)57)46(35,3)4/h12-15,28-29,32-35,37-41H,10-11,16-27H2,1-9H3,(H,53,54)(H,56,57)/t32-,33+,34-,35+,37-,38-,39+,40-,41+,48-,49+,50+,51-/m0/s1. The second-order valence-electron chi connectivity index (χ2n) is 23.4. The van der Waals surface area contributed by atoms with Crippen LogP contribution in [0.1, 0.15) is 158 Å². The first-order valence-electron chi connectivity index (χ1n) is 23.8. The molecule has 1 saturated heterocycles. The Balaban J connectivity index is 0.964. The van der Waals surface area contributed by atoms with Crippen molar-refractivity contribution >= 4 is 17.8 Å². The highest BCUT2D eigenvalue weighted by Gasteiger charge is 2.73. The van der Waals surface area contributed by atoms with Gasteiger partial charge in [-0.15, -0.1) is 0 Å². The monoisotopic (exact) mass is 826 g/mol. The van der Waals surface area contributed by atoms with Crippen LogP contribution >= 0.6 is 0 Å². The predicted molar refractivity (Wildman–Crippen MR) is 230 cm³/mol. The van der Waals surface area contributed by atoms with E-state index in [1.54, 1.807) is 12.1 Å². The third-order valence-corrected chi connectivity index (χ3v) is 20.4. The topological polar surface area (TPSA) is 113 Å². The van der Waals surface area contributed by atoms with Gasteiger partial charge in [0.05, 0.1) is 35.2 Å². The Morgan fingerprint density at radius 2 is 1.57 bits per heavy atom. The number of nitrogens with one attached hydrogen (secondary N) is 1. The van der Waals surface area contributed by atoms with Crippen molar-refractivity contribution in [3.63, 3.8) is 0 Å². The fourth-order valence-electron chi connectivity index (χ4n) is 16.8. The van der Waals surface area contributed by atoms with Crippen molar-refractivity contribution < 1.29 is 28.6 Å². The molecule has 328 valence electrons. The molecule has 9 rings (SSSR count). The molecule has 9 heteroatoms. The number of carbonyl (C=O) groups excluding carboxylic acids is 2. The molecule has 0 radical (unpaired) electrons. The maximum absolute atomic E-state index is 15.6. The Hall–Kier alpha value is -3.23. The lowest BCUT2D eigenvalue weighted by Gasteiger charge is -2.73. The number of imidazole rings is 1. The molecule has 7 fully saturated rings. The van der Waals surface area contributed by atoms with Crippen molar-refractivity contribution in [2.24, 2.45) is 79.8 Å². The lowest BCUT2D eigenvalue weighted by atomic mass is 9.32. The summed E-state index contributed by atoms with van der Waals surface area (Å²) in [6, 6.07) is 6.44. The average Bonchev–Trinajstić information content (AvgIpc) is 3.95. The second kappa shape index (κ2) is 14.1. The molecule has 2 heterocycles. The summed E-state index contributed by atoms with van der Waals surface area (Å²) >= 11 is 0. The summed E-state index contributed by atoms with van der Waals surface area (Å²) in [4.78, 5) is 51.7. The van der Waals surface area contributed by atoms with Gasteiger partial charge >= 0.3 is 11.9 Å². The smallest absolute Gasteiger partial charge is 0.309 e. The van der Waals surface area contributed by atoms with Gasteiger partial charge in [-0.25, -0.2) is 9.37 Å². The normalized spacial score (nSPS) is 42.6. The Kier molecular flexibility index (Phi) is 9.92. The number of fused-ring (bicyclic) bond motifs is 7. The molecular formula is C51H72FN3O5. The van der Waals surface area contributed by atoms with Crippen molar-refractivity contribution in [1.82, 2.24) is 14.9 Å². The van der Waals surface area contributed by atoms with Gasteiger partial charge < -0.3 is 19.7 Å². The summed E-state index contributed by atoms with van der Waals surface area (Å²) < 4.78 is 20.2. The summed E-state index contributed by atoms with van der Waals surface area (Å²) in [5, 5.41) is 9.71. The number of aromatic amines is 1. The molecule has 1 aromatic heterocycles. The number of hydrogen-bond acceptors (Lipinski definition) is 5. The number of hydrogen-bond donors (Lipinski definition) is 2. The van der Waals surface area contributed by atoms with Gasteiger partial charge in [0.2, 0.25) is 5.91 Å². The maximum atomic E-state index is 15.6. The van der Waals surface area contributed by atoms with E-state index in [0.717, 1.165) is 87.8 Å². The van der Waals surface area contributed by atoms with E-state index in [2.05, 4.69) is 58.4 Å². The van der Waals surface area contributed by atoms with Crippen LogP contribution in [0.5, 0.6) is 0 Å². The molecule has 1 aliphatic heterocycles. The summed E-state index contributed by atoms with van der Waals surface area (Å²) in [6.07, 6.45) is 14.6. The molecule has 2 N–H and O–H groups in total. The van der Waals surface area contributed by atoms with Crippen LogP contribution in [-0.4, -0.2) is 50.5 Å². The number of amides is 1. The summed E-state index contributed by atoms with van der Waals surface area (Å²) in [6.45, 7) is 22.0. The summed E-state index contributed by atoms with van der Waals surface area (Å²) in [5.74, 6) is 1.94. The number of carboxylic acids is 1. The molecule has 1 aromatic carbocycles. The van der Waals surface area contributed by atoms with Gasteiger partial charge in [-0.3, -0.25) is 14.4 Å². The van der Waals surface area contributed by atoms with Gasteiger partial charge in [0, 0.05) is 12.0 Å². The number of nitrogens with zero attached hydrogens (tertiary/aromatic N) is 2. The Labute approximate surface area is 358 Å². The summed E-state index contributed by atoms with van der Waals surface area (Å²) in [5.41, 5.74) is 0.995. The maximum Gasteiger partial charge on any atom is 0.309 e. The van der Waals surface area contributed by atoms with Crippen LogP contribution in [0.15, 0.2) is 30.5 Å². The van der Waals surface area contributed by atoms with Crippen molar-refractivity contribution in [3.8, 4) is 11.3 Å². The van der Waals surface area contributed by atoms with Gasteiger partial charge in [-0.05, 0) is 170 Å². The number of rotatable bonds is 7. The molecular weight excluding hydrogens is 754 g/mol. The highest BCUT2D eigenvalue weighted by molar-refractivity contribution is 5.85. The van der Waals surface area contributed by atoms with E-state index in [9.17, 15) is 19.1 Å². The fourth-order valence-corrected chi connectivity index (χ4v) is 16.8. The van der Waals surface area contributed by atoms with E-state index in [1.165, 1.54) is 25.0 Å². The molecule has 0 spiro atoms. The molecule has 7 aliphatic rings. The van der Waals surface area contributed by atoms with Crippen LogP contribution in [0.3, 0.4) is 0 Å². The van der Waals surface area contributed by atoms with Crippen molar-refractivity contribution in [2.45, 2.75) is 158 Å². The van der Waals surface area contributed by atoms with Crippen molar-refractivity contribution in [2.75, 3.05) is 6.54 Å². The van der Waals surface area contributed by atoms with E-state index in [4.69, 9.17) is 9.72 Å². The number of aliphatic carboxylic acids is 1. The van der Waals surface area contributed by atoms with Crippen LogP contribution in [-0.2, 0) is 19.1 Å². The molecule has 6 aliphatic carbocycles. The van der Waals surface area contributed by atoms with Crippen LogP contribution in [0.4, 0.5) is 4.39 Å². The van der Waals surface area contributed by atoms with Crippen molar-refractivity contribution in [3.05, 3.63) is 42.1 Å². The van der Waals surface area contributed by atoms with E-state index < -0.39 is 17.3 Å². The van der Waals surface area contributed by atoms with Gasteiger partial charge in [0.1, 0.15) is 17.7 Å². The zero-order valence-corrected chi connectivity index (χ0v) is 37.9. The van der Waals surface area contributed by atoms with Gasteiger partial charge in [-0.1, -0.05) is 62.3 Å². The molecule has 6 saturated carbocycles.